The van der Waals surface area contributed by atoms with E-state index in [0.29, 0.717) is 5.69 Å². The number of anilines is 2. The van der Waals surface area contributed by atoms with E-state index in [2.05, 4.69) is 15.6 Å². The van der Waals surface area contributed by atoms with Crippen molar-refractivity contribution in [3.8, 4) is 0 Å². The molecule has 0 fully saturated rings. The van der Waals surface area contributed by atoms with Crippen molar-refractivity contribution in [1.82, 2.24) is 4.98 Å². The Hall–Kier alpha value is -1.49. The minimum atomic E-state index is -1.38. The predicted octanol–water partition coefficient (Wildman–Crippen LogP) is -2.66. The molecule has 0 saturated carbocycles. The van der Waals surface area contributed by atoms with Crippen LogP contribution in [0.3, 0.4) is 0 Å². The quantitative estimate of drug-likeness (QED) is 0.230. The molecule has 0 aliphatic carbocycles. The number of aliphatic hydroxyl groups excluding tert-OH is 6. The first kappa shape index (κ1) is 18.6. The van der Waals surface area contributed by atoms with E-state index in [0.717, 1.165) is 0 Å². The highest BCUT2D eigenvalue weighted by Crippen LogP contribution is 2.25. The molecule has 1 aromatic heterocycles. The number of nitrogens with zero attached hydrogens (tertiary/aromatic N) is 1. The van der Waals surface area contributed by atoms with E-state index in [-0.39, 0.29) is 5.82 Å². The number of rotatable bonds is 10. The Morgan fingerprint density at radius 1 is 0.773 bits per heavy atom. The van der Waals surface area contributed by atoms with Gasteiger partial charge in [-0.05, 0) is 12.1 Å². The second-order valence-corrected chi connectivity index (χ2v) is 5.16. The maximum Gasteiger partial charge on any atom is 0.150 e. The Balaban J connectivity index is 3.09. The summed E-state index contributed by atoms with van der Waals surface area (Å²) in [6.07, 6.45) is 1.45. The van der Waals surface area contributed by atoms with Crippen molar-refractivity contribution in [3.63, 3.8) is 0 Å². The van der Waals surface area contributed by atoms with Gasteiger partial charge < -0.3 is 41.3 Å². The van der Waals surface area contributed by atoms with Gasteiger partial charge in [-0.1, -0.05) is 0 Å². The van der Waals surface area contributed by atoms with E-state index in [9.17, 15) is 30.6 Å². The fourth-order valence-corrected chi connectivity index (χ4v) is 1.68. The Labute approximate surface area is 127 Å². The molecule has 0 aliphatic heterocycles. The third-order valence-electron chi connectivity index (χ3n) is 3.41. The van der Waals surface area contributed by atoms with E-state index >= 15 is 0 Å². The van der Waals surface area contributed by atoms with E-state index in [1.54, 1.807) is 12.1 Å². The Kier molecular flexibility index (Phi) is 6.94. The van der Waals surface area contributed by atoms with Crippen LogP contribution in [-0.2, 0) is 0 Å². The Bertz CT molecular complexity index is 394. The summed E-state index contributed by atoms with van der Waals surface area (Å²) in [5, 5.41) is 61.6. The van der Waals surface area contributed by atoms with Crippen LogP contribution in [0, 0.1) is 0 Å². The van der Waals surface area contributed by atoms with Gasteiger partial charge in [0.1, 0.15) is 16.9 Å². The zero-order chi connectivity index (χ0) is 16.6. The molecule has 22 heavy (non-hydrogen) atoms. The third kappa shape index (κ3) is 4.03. The predicted molar refractivity (Wildman–Crippen MR) is 79.5 cm³/mol. The number of aliphatic hydroxyl groups is 6. The lowest BCUT2D eigenvalue weighted by molar-refractivity contribution is 0.0814. The number of aromatic nitrogens is 1. The van der Waals surface area contributed by atoms with Crippen molar-refractivity contribution in [3.05, 3.63) is 18.3 Å². The molecule has 1 aromatic rings. The number of pyridine rings is 1. The van der Waals surface area contributed by atoms with Gasteiger partial charge in [0.2, 0.25) is 0 Å². The number of nitrogens with one attached hydrogen (secondary N) is 2. The summed E-state index contributed by atoms with van der Waals surface area (Å²) in [6.45, 7) is -3.21. The van der Waals surface area contributed by atoms with E-state index in [1.165, 1.54) is 6.20 Å². The monoisotopic (exact) mass is 317 g/mol. The van der Waals surface area contributed by atoms with Gasteiger partial charge in [-0.2, -0.15) is 0 Å². The zero-order valence-electron chi connectivity index (χ0n) is 12.1. The van der Waals surface area contributed by atoms with E-state index < -0.39 is 50.7 Å². The number of hydrogen-bond donors (Lipinski definition) is 8. The van der Waals surface area contributed by atoms with Gasteiger partial charge in [-0.15, -0.1) is 0 Å². The molecular weight excluding hydrogens is 294 g/mol. The van der Waals surface area contributed by atoms with Crippen LogP contribution in [0.25, 0.3) is 0 Å². The van der Waals surface area contributed by atoms with Gasteiger partial charge in [-0.3, -0.25) is 0 Å². The molecule has 0 unspecified atom stereocenters. The first-order valence-corrected chi connectivity index (χ1v) is 6.71. The molecule has 0 spiro atoms. The van der Waals surface area contributed by atoms with Gasteiger partial charge >= 0.3 is 0 Å². The summed E-state index contributed by atoms with van der Waals surface area (Å²) in [6, 6.07) is 3.16. The normalized spacial score (nSPS) is 12.3. The van der Waals surface area contributed by atoms with Gasteiger partial charge in [0.25, 0.3) is 0 Å². The summed E-state index contributed by atoms with van der Waals surface area (Å²) in [4.78, 5) is 4.04. The maximum absolute atomic E-state index is 9.36. The van der Waals surface area contributed by atoms with Crippen molar-refractivity contribution in [2.75, 3.05) is 50.3 Å². The summed E-state index contributed by atoms with van der Waals surface area (Å²) >= 11 is 0. The highest BCUT2D eigenvalue weighted by atomic mass is 16.3. The van der Waals surface area contributed by atoms with Crippen LogP contribution in [0.4, 0.5) is 11.5 Å². The highest BCUT2D eigenvalue weighted by molar-refractivity contribution is 5.66. The molecule has 0 amide bonds. The van der Waals surface area contributed by atoms with Crippen molar-refractivity contribution < 1.29 is 30.6 Å². The van der Waals surface area contributed by atoms with Crippen molar-refractivity contribution >= 4 is 11.5 Å². The molecule has 1 heterocycles. The van der Waals surface area contributed by atoms with Crippen molar-refractivity contribution in [2.45, 2.75) is 11.1 Å². The minimum Gasteiger partial charge on any atom is -0.394 e. The van der Waals surface area contributed by atoms with Crippen molar-refractivity contribution in [2.24, 2.45) is 0 Å². The van der Waals surface area contributed by atoms with Crippen LogP contribution in [0.2, 0.25) is 0 Å². The average molecular weight is 317 g/mol. The molecule has 8 N–H and O–H groups in total. The summed E-state index contributed by atoms with van der Waals surface area (Å²) in [5.74, 6) is 0.180. The molecule has 0 aliphatic rings. The highest BCUT2D eigenvalue weighted by Gasteiger charge is 2.32. The summed E-state index contributed by atoms with van der Waals surface area (Å²) in [5.41, 5.74) is -2.43. The van der Waals surface area contributed by atoms with Gasteiger partial charge in [0, 0.05) is 6.20 Å². The Morgan fingerprint density at radius 2 is 1.23 bits per heavy atom. The molecule has 0 bridgehead atoms. The molecule has 9 heteroatoms. The second kappa shape index (κ2) is 8.22. The van der Waals surface area contributed by atoms with Crippen molar-refractivity contribution in [1.29, 1.82) is 0 Å². The third-order valence-corrected chi connectivity index (χ3v) is 3.41. The van der Waals surface area contributed by atoms with Gasteiger partial charge in [0.05, 0.1) is 45.3 Å². The fourth-order valence-electron chi connectivity index (χ4n) is 1.68. The van der Waals surface area contributed by atoms with Crippen LogP contribution in [0.1, 0.15) is 0 Å². The molecule has 126 valence electrons. The van der Waals surface area contributed by atoms with Crippen LogP contribution in [-0.4, -0.2) is 86.3 Å². The first-order chi connectivity index (χ1) is 10.5. The molecule has 0 radical (unpaired) electrons. The molecule has 0 aromatic carbocycles. The minimum absolute atomic E-state index is 0.180. The molecule has 0 saturated heterocycles. The standard InChI is InChI=1S/C13H23N3O6/c17-4-12(5-18,6-19)15-10-2-1-3-14-11(10)16-13(7-20,8-21)9-22/h1-3,15,17-22H,4-9H2,(H,14,16). The lowest BCUT2D eigenvalue weighted by atomic mass is 10.0. The van der Waals surface area contributed by atoms with Gasteiger partial charge in [-0.25, -0.2) is 4.98 Å². The largest absolute Gasteiger partial charge is 0.394 e. The zero-order valence-corrected chi connectivity index (χ0v) is 12.1. The number of hydrogen-bond acceptors (Lipinski definition) is 9. The fraction of sp³-hybridized carbons (Fsp3) is 0.615. The average Bonchev–Trinajstić information content (AvgIpc) is 2.59. The molecule has 1 rings (SSSR count). The maximum atomic E-state index is 9.36. The van der Waals surface area contributed by atoms with Crippen LogP contribution >= 0.6 is 0 Å². The van der Waals surface area contributed by atoms with E-state index in [1.807, 2.05) is 0 Å². The van der Waals surface area contributed by atoms with Crippen LogP contribution < -0.4 is 10.6 Å². The lowest BCUT2D eigenvalue weighted by Gasteiger charge is -2.33. The second-order valence-electron chi connectivity index (χ2n) is 5.16. The SMILES string of the molecule is OCC(CO)(CO)Nc1cccnc1NC(CO)(CO)CO. The van der Waals surface area contributed by atoms with E-state index in [4.69, 9.17) is 0 Å². The molecule has 0 atom stereocenters. The Morgan fingerprint density at radius 3 is 1.68 bits per heavy atom. The smallest absolute Gasteiger partial charge is 0.150 e. The topological polar surface area (TPSA) is 158 Å². The van der Waals surface area contributed by atoms with Crippen LogP contribution in [0.5, 0.6) is 0 Å². The summed E-state index contributed by atoms with van der Waals surface area (Å²) in [7, 11) is 0. The van der Waals surface area contributed by atoms with Gasteiger partial charge in [0.15, 0.2) is 0 Å². The van der Waals surface area contributed by atoms with Crippen LogP contribution in [0.15, 0.2) is 18.3 Å². The molecular formula is C13H23N3O6. The first-order valence-electron chi connectivity index (χ1n) is 6.71. The molecule has 9 nitrogen and oxygen atoms in total. The summed E-state index contributed by atoms with van der Waals surface area (Å²) < 4.78 is 0. The lowest BCUT2D eigenvalue weighted by Crippen LogP contribution is -2.51.